The van der Waals surface area contributed by atoms with Crippen LogP contribution >= 0.6 is 0 Å². The molecule has 4 nitrogen and oxygen atoms in total. The minimum atomic E-state index is -4.34. The molecule has 1 aliphatic carbocycles. The molecular weight excluding hydrogens is 343 g/mol. The normalized spacial score (nSPS) is 15.8. The maximum Gasteiger partial charge on any atom is 0.416 e. The van der Waals surface area contributed by atoms with Crippen molar-refractivity contribution >= 4 is 0 Å². The number of alkyl halides is 3. The van der Waals surface area contributed by atoms with E-state index in [1.165, 1.54) is 12.1 Å². The van der Waals surface area contributed by atoms with Crippen LogP contribution in [0, 0.1) is 0 Å². The third-order valence-corrected chi connectivity index (χ3v) is 4.56. The van der Waals surface area contributed by atoms with Gasteiger partial charge in [0.15, 0.2) is 0 Å². The van der Waals surface area contributed by atoms with Crippen molar-refractivity contribution in [1.29, 1.82) is 0 Å². The minimum Gasteiger partial charge on any atom is -0.419 e. The predicted octanol–water partition coefficient (Wildman–Crippen LogP) is 4.29. The topological polar surface area (TPSA) is 64.9 Å². The Kier molecular flexibility index (Phi) is 3.84. The summed E-state index contributed by atoms with van der Waals surface area (Å²) >= 11 is 0. The molecule has 0 aliphatic heterocycles. The van der Waals surface area contributed by atoms with E-state index in [0.717, 1.165) is 41.7 Å². The SMILES string of the molecule is NC1(c2nnc(-c3ccccc3Cc3ccc(C(F)(F)F)cc3)o2)CC1. The summed E-state index contributed by atoms with van der Waals surface area (Å²) in [5, 5.41) is 8.14. The Bertz CT molecular complexity index is 928. The van der Waals surface area contributed by atoms with Crippen LogP contribution < -0.4 is 5.73 Å². The fourth-order valence-corrected chi connectivity index (χ4v) is 2.80. The molecule has 0 bridgehead atoms. The van der Waals surface area contributed by atoms with Crippen molar-refractivity contribution in [2.75, 3.05) is 0 Å². The van der Waals surface area contributed by atoms with Crippen LogP contribution in [0.3, 0.4) is 0 Å². The molecule has 3 aromatic rings. The molecular formula is C19H16F3N3O. The van der Waals surface area contributed by atoms with E-state index in [4.69, 9.17) is 10.2 Å². The van der Waals surface area contributed by atoms with Crippen molar-refractivity contribution in [3.63, 3.8) is 0 Å². The number of aromatic nitrogens is 2. The average Bonchev–Trinajstić information content (AvgIpc) is 3.17. The van der Waals surface area contributed by atoms with E-state index in [2.05, 4.69) is 10.2 Å². The van der Waals surface area contributed by atoms with Gasteiger partial charge >= 0.3 is 6.18 Å². The highest BCUT2D eigenvalue weighted by Crippen LogP contribution is 2.42. The zero-order chi connectivity index (χ0) is 18.4. The lowest BCUT2D eigenvalue weighted by atomic mass is 9.99. The lowest BCUT2D eigenvalue weighted by Gasteiger charge is -2.09. The van der Waals surface area contributed by atoms with E-state index in [1.807, 2.05) is 24.3 Å². The van der Waals surface area contributed by atoms with E-state index < -0.39 is 17.3 Å². The quantitative estimate of drug-likeness (QED) is 0.755. The van der Waals surface area contributed by atoms with E-state index >= 15 is 0 Å². The van der Waals surface area contributed by atoms with Gasteiger partial charge in [-0.05, 0) is 48.6 Å². The molecule has 1 heterocycles. The van der Waals surface area contributed by atoms with Gasteiger partial charge in [0.05, 0.1) is 11.1 Å². The number of nitrogens with zero attached hydrogens (tertiary/aromatic N) is 2. The number of hydrogen-bond donors (Lipinski definition) is 1. The van der Waals surface area contributed by atoms with E-state index in [9.17, 15) is 13.2 Å². The zero-order valence-electron chi connectivity index (χ0n) is 13.8. The molecule has 2 aromatic carbocycles. The van der Waals surface area contributed by atoms with E-state index in [1.54, 1.807) is 0 Å². The molecule has 0 unspecified atom stereocenters. The van der Waals surface area contributed by atoms with Crippen molar-refractivity contribution in [3.8, 4) is 11.5 Å². The van der Waals surface area contributed by atoms with Crippen LogP contribution in [0.4, 0.5) is 13.2 Å². The third kappa shape index (κ3) is 3.22. The molecule has 0 radical (unpaired) electrons. The molecule has 1 saturated carbocycles. The molecule has 134 valence electrons. The lowest BCUT2D eigenvalue weighted by Crippen LogP contribution is -2.18. The molecule has 26 heavy (non-hydrogen) atoms. The van der Waals surface area contributed by atoms with Crippen LogP contribution in [0.2, 0.25) is 0 Å². The van der Waals surface area contributed by atoms with Crippen molar-refractivity contribution < 1.29 is 17.6 Å². The predicted molar refractivity (Wildman–Crippen MR) is 89.1 cm³/mol. The smallest absolute Gasteiger partial charge is 0.416 e. The summed E-state index contributed by atoms with van der Waals surface area (Å²) in [7, 11) is 0. The molecule has 1 fully saturated rings. The molecule has 0 spiro atoms. The van der Waals surface area contributed by atoms with Crippen LogP contribution in [0.5, 0.6) is 0 Å². The highest BCUT2D eigenvalue weighted by molar-refractivity contribution is 5.59. The minimum absolute atomic E-state index is 0.374. The maximum atomic E-state index is 12.7. The molecule has 0 saturated heterocycles. The number of nitrogens with two attached hydrogens (primary N) is 1. The second-order valence-corrected chi connectivity index (χ2v) is 6.60. The first kappa shape index (κ1) is 16.8. The van der Waals surface area contributed by atoms with Gasteiger partial charge in [-0.25, -0.2) is 0 Å². The van der Waals surface area contributed by atoms with Crippen LogP contribution in [0.15, 0.2) is 52.9 Å². The van der Waals surface area contributed by atoms with Crippen LogP contribution in [0.25, 0.3) is 11.5 Å². The summed E-state index contributed by atoms with van der Waals surface area (Å²) in [4.78, 5) is 0. The third-order valence-electron chi connectivity index (χ3n) is 4.56. The summed E-state index contributed by atoms with van der Waals surface area (Å²) < 4.78 is 43.8. The fourth-order valence-electron chi connectivity index (χ4n) is 2.80. The average molecular weight is 359 g/mol. The highest BCUT2D eigenvalue weighted by Gasteiger charge is 2.45. The van der Waals surface area contributed by atoms with E-state index in [0.29, 0.717) is 18.2 Å². The van der Waals surface area contributed by atoms with Gasteiger partial charge in [-0.1, -0.05) is 30.3 Å². The molecule has 0 amide bonds. The Morgan fingerprint density at radius 3 is 2.35 bits per heavy atom. The molecule has 0 atom stereocenters. The summed E-state index contributed by atoms with van der Waals surface area (Å²) in [6.45, 7) is 0. The Morgan fingerprint density at radius 2 is 1.69 bits per heavy atom. The van der Waals surface area contributed by atoms with Gasteiger partial charge in [0.25, 0.3) is 0 Å². The van der Waals surface area contributed by atoms with Crippen LogP contribution in [-0.2, 0) is 18.1 Å². The van der Waals surface area contributed by atoms with Gasteiger partial charge in [0, 0.05) is 5.56 Å². The second-order valence-electron chi connectivity index (χ2n) is 6.60. The largest absolute Gasteiger partial charge is 0.419 e. The molecule has 7 heteroatoms. The molecule has 4 rings (SSSR count). The Balaban J connectivity index is 1.61. The number of halogens is 3. The van der Waals surface area contributed by atoms with Gasteiger partial charge < -0.3 is 10.2 Å². The Labute approximate surface area is 147 Å². The zero-order valence-corrected chi connectivity index (χ0v) is 13.8. The summed E-state index contributed by atoms with van der Waals surface area (Å²) in [6.07, 6.45) is -2.24. The van der Waals surface area contributed by atoms with Gasteiger partial charge in [0.1, 0.15) is 0 Å². The van der Waals surface area contributed by atoms with Gasteiger partial charge in [-0.15, -0.1) is 10.2 Å². The first-order valence-electron chi connectivity index (χ1n) is 8.22. The lowest BCUT2D eigenvalue weighted by molar-refractivity contribution is -0.137. The van der Waals surface area contributed by atoms with Crippen molar-refractivity contribution in [1.82, 2.24) is 10.2 Å². The fraction of sp³-hybridized carbons (Fsp3) is 0.263. The summed E-state index contributed by atoms with van der Waals surface area (Å²) in [5.41, 5.74) is 7.34. The van der Waals surface area contributed by atoms with E-state index in [-0.39, 0.29) is 0 Å². The van der Waals surface area contributed by atoms with Crippen LogP contribution in [0.1, 0.15) is 35.4 Å². The van der Waals surface area contributed by atoms with Gasteiger partial charge in [0.2, 0.25) is 11.8 Å². The highest BCUT2D eigenvalue weighted by atomic mass is 19.4. The monoisotopic (exact) mass is 359 g/mol. The van der Waals surface area contributed by atoms with Crippen molar-refractivity contribution in [2.24, 2.45) is 5.73 Å². The second kappa shape index (κ2) is 5.95. The maximum absolute atomic E-state index is 12.7. The van der Waals surface area contributed by atoms with Gasteiger partial charge in [-0.2, -0.15) is 13.2 Å². The number of rotatable bonds is 4. The molecule has 2 N–H and O–H groups in total. The van der Waals surface area contributed by atoms with Gasteiger partial charge in [-0.3, -0.25) is 0 Å². The van der Waals surface area contributed by atoms with Crippen molar-refractivity contribution in [2.45, 2.75) is 31.0 Å². The first-order chi connectivity index (χ1) is 12.4. The number of benzene rings is 2. The first-order valence-corrected chi connectivity index (χ1v) is 8.22. The van der Waals surface area contributed by atoms with Crippen LogP contribution in [-0.4, -0.2) is 10.2 Å². The van der Waals surface area contributed by atoms with Crippen molar-refractivity contribution in [3.05, 3.63) is 71.1 Å². The number of hydrogen-bond acceptors (Lipinski definition) is 4. The standard InChI is InChI=1S/C19H16F3N3O/c20-19(21,22)14-7-5-12(6-8-14)11-13-3-1-2-4-15(13)16-24-25-17(26-16)18(23)9-10-18/h1-8H,9-11,23H2. The Morgan fingerprint density at radius 1 is 1.00 bits per heavy atom. The summed E-state index contributed by atoms with van der Waals surface area (Å²) in [6, 6.07) is 12.6. The molecule has 1 aromatic heterocycles. The Hall–Kier alpha value is -2.67. The molecule has 1 aliphatic rings. The summed E-state index contributed by atoms with van der Waals surface area (Å²) in [5.74, 6) is 0.802.